The van der Waals surface area contributed by atoms with Gasteiger partial charge in [-0.15, -0.1) is 0 Å². The van der Waals surface area contributed by atoms with Gasteiger partial charge in [0, 0.05) is 28.0 Å². The number of aliphatic imine (C=N–C) groups is 1. The summed E-state index contributed by atoms with van der Waals surface area (Å²) >= 11 is 0. The highest BCUT2D eigenvalue weighted by Gasteiger charge is 2.37. The van der Waals surface area contributed by atoms with Gasteiger partial charge in [-0.3, -0.25) is 4.99 Å². The van der Waals surface area contributed by atoms with Crippen LogP contribution >= 0.6 is 0 Å². The van der Waals surface area contributed by atoms with Crippen LogP contribution in [0.25, 0.3) is 50.7 Å². The number of pyridine rings is 1. The third-order valence-electron chi connectivity index (χ3n) is 15.5. The van der Waals surface area contributed by atoms with Crippen LogP contribution < -0.4 is 5.32 Å². The van der Waals surface area contributed by atoms with Crippen LogP contribution in [0, 0.1) is 11.8 Å². The highest BCUT2D eigenvalue weighted by atomic mass is 15.2. The fourth-order valence-electron chi connectivity index (χ4n) is 12.5. The summed E-state index contributed by atoms with van der Waals surface area (Å²) in [7, 11) is 0. The van der Waals surface area contributed by atoms with E-state index in [1.807, 2.05) is 0 Å². The molecule has 0 saturated carbocycles. The lowest BCUT2D eigenvalue weighted by Crippen LogP contribution is -2.32. The Kier molecular flexibility index (Phi) is 10.5. The maximum absolute atomic E-state index is 5.70. The Morgan fingerprint density at radius 1 is 0.588 bits per heavy atom. The molecule has 332 valence electrons. The van der Waals surface area contributed by atoms with E-state index in [-0.39, 0.29) is 6.04 Å². The summed E-state index contributed by atoms with van der Waals surface area (Å²) in [6.45, 7) is 0. The van der Waals surface area contributed by atoms with Crippen molar-refractivity contribution in [3.8, 4) is 22.4 Å². The minimum absolute atomic E-state index is 0.142. The van der Waals surface area contributed by atoms with E-state index in [0.29, 0.717) is 11.8 Å². The number of aromatic nitrogens is 2. The molecule has 4 aromatic carbocycles. The van der Waals surface area contributed by atoms with Gasteiger partial charge in [0.1, 0.15) is 11.5 Å². The SMILES string of the molecule is C1=CC(c2c(C3=CC(C4C=C(C5=CCCC(C6CCC=C7c8ccccc8CC76)=C5)NC(c5ccccc5)=N4)=CCC3)c3c(c4c(-c5ccccc5)c(-c5ccccc5)nn24)CCC=C3)=CCC1. The zero-order valence-electron chi connectivity index (χ0n) is 38.7. The lowest BCUT2D eigenvalue weighted by Gasteiger charge is -2.33. The Labute approximate surface area is 400 Å². The Balaban J connectivity index is 0.944. The van der Waals surface area contributed by atoms with Crippen LogP contribution in [0.2, 0.25) is 0 Å². The minimum atomic E-state index is -0.142. The summed E-state index contributed by atoms with van der Waals surface area (Å²) < 4.78 is 2.35. The first-order chi connectivity index (χ1) is 33.7. The van der Waals surface area contributed by atoms with Gasteiger partial charge in [0.2, 0.25) is 0 Å². The molecular formula is C64H56N4. The molecular weight excluding hydrogens is 825 g/mol. The number of aryl methyl sites for hydroxylation is 1. The van der Waals surface area contributed by atoms with Gasteiger partial charge in [-0.25, -0.2) is 4.52 Å². The van der Waals surface area contributed by atoms with Gasteiger partial charge < -0.3 is 5.32 Å². The number of hydrogen-bond donors (Lipinski definition) is 1. The second-order valence-corrected chi connectivity index (χ2v) is 19.5. The second kappa shape index (κ2) is 17.4. The van der Waals surface area contributed by atoms with Gasteiger partial charge in [0.05, 0.1) is 17.3 Å². The average molecular weight is 881 g/mol. The van der Waals surface area contributed by atoms with Crippen molar-refractivity contribution in [2.45, 2.75) is 76.7 Å². The van der Waals surface area contributed by atoms with E-state index in [1.165, 1.54) is 84.6 Å². The predicted octanol–water partition coefficient (Wildman–Crippen LogP) is 15.1. The van der Waals surface area contributed by atoms with Crippen molar-refractivity contribution in [2.24, 2.45) is 16.8 Å². The fourth-order valence-corrected chi connectivity index (χ4v) is 12.5. The van der Waals surface area contributed by atoms with Crippen molar-refractivity contribution in [3.05, 3.63) is 238 Å². The number of benzene rings is 4. The Morgan fingerprint density at radius 3 is 2.16 bits per heavy atom. The van der Waals surface area contributed by atoms with Crippen molar-refractivity contribution in [1.29, 1.82) is 0 Å². The van der Waals surface area contributed by atoms with Crippen LogP contribution in [0.4, 0.5) is 0 Å². The van der Waals surface area contributed by atoms with E-state index >= 15 is 0 Å². The molecule has 6 aliphatic carbocycles. The van der Waals surface area contributed by atoms with Gasteiger partial charge in [-0.2, -0.15) is 5.10 Å². The molecule has 1 aliphatic heterocycles. The minimum Gasteiger partial charge on any atom is -0.340 e. The molecule has 0 bridgehead atoms. The summed E-state index contributed by atoms with van der Waals surface area (Å²) in [4.78, 5) is 5.56. The maximum atomic E-state index is 5.70. The number of fused-ring (bicyclic) bond motifs is 6. The summed E-state index contributed by atoms with van der Waals surface area (Å²) in [5.74, 6) is 2.08. The van der Waals surface area contributed by atoms with Crippen LogP contribution in [0.3, 0.4) is 0 Å². The van der Waals surface area contributed by atoms with E-state index in [9.17, 15) is 0 Å². The predicted molar refractivity (Wildman–Crippen MR) is 283 cm³/mol. The van der Waals surface area contributed by atoms with Crippen molar-refractivity contribution in [2.75, 3.05) is 0 Å². The standard InChI is InChI=1S/C64H56N4/c1-5-20-42(21-6-1)60-61(43-22-7-2-8-23-43)67-68-62(44-24-9-3-10-25-44)59(54-34-15-16-35-55(54)63(60)68)50-32-18-31-49(39-50)58-41-57(65-64(66-58)45-26-11-4-12-27-45)48-30-17-29-46(38-48)52-36-19-37-53-51-33-14-13-28-47(51)40-56(52)53/h1-2,4-9,11-15,20-28,30-31,33-34,37-39,41,52,56,58H,3,10,16-19,29,32,35-36,40H2,(H,65,66). The molecule has 4 heteroatoms. The largest absolute Gasteiger partial charge is 0.340 e. The highest BCUT2D eigenvalue weighted by Crippen LogP contribution is 2.50. The first-order valence-corrected chi connectivity index (χ1v) is 25.2. The quantitative estimate of drug-likeness (QED) is 0.165. The summed E-state index contributed by atoms with van der Waals surface area (Å²) in [6, 6.07) is 41.5. The lowest BCUT2D eigenvalue weighted by molar-refractivity contribution is 0.419. The highest BCUT2D eigenvalue weighted by molar-refractivity contribution is 6.02. The van der Waals surface area contributed by atoms with Gasteiger partial charge in [-0.05, 0) is 144 Å². The number of rotatable bonds is 8. The van der Waals surface area contributed by atoms with Gasteiger partial charge in [-0.1, -0.05) is 182 Å². The molecule has 0 radical (unpaired) electrons. The molecule has 68 heavy (non-hydrogen) atoms. The molecule has 0 spiro atoms. The summed E-state index contributed by atoms with van der Waals surface area (Å²) in [5.41, 5.74) is 24.7. The molecule has 13 rings (SSSR count). The van der Waals surface area contributed by atoms with E-state index in [0.717, 1.165) is 86.9 Å². The molecule has 0 amide bonds. The van der Waals surface area contributed by atoms with Gasteiger partial charge in [0.25, 0.3) is 0 Å². The fraction of sp³-hybridized carbons (Fsp3) is 0.219. The van der Waals surface area contributed by atoms with Crippen LogP contribution in [0.1, 0.15) is 96.9 Å². The monoisotopic (exact) mass is 880 g/mol. The van der Waals surface area contributed by atoms with E-state index in [1.54, 1.807) is 11.1 Å². The van der Waals surface area contributed by atoms with Crippen molar-refractivity contribution in [3.63, 3.8) is 0 Å². The molecule has 7 aliphatic rings. The van der Waals surface area contributed by atoms with Crippen LogP contribution in [-0.4, -0.2) is 21.5 Å². The van der Waals surface area contributed by atoms with Crippen LogP contribution in [-0.2, 0) is 12.8 Å². The molecule has 3 heterocycles. The molecule has 0 saturated heterocycles. The smallest absolute Gasteiger partial charge is 0.133 e. The zero-order chi connectivity index (χ0) is 45.0. The first-order valence-electron chi connectivity index (χ1n) is 25.2. The average Bonchev–Trinajstić information content (AvgIpc) is 4.01. The Morgan fingerprint density at radius 2 is 1.34 bits per heavy atom. The second-order valence-electron chi connectivity index (χ2n) is 19.5. The first kappa shape index (κ1) is 40.9. The van der Waals surface area contributed by atoms with Gasteiger partial charge in [0.15, 0.2) is 0 Å². The lowest BCUT2D eigenvalue weighted by atomic mass is 9.72. The third-order valence-corrected chi connectivity index (χ3v) is 15.5. The summed E-state index contributed by atoms with van der Waals surface area (Å²) in [6.07, 6.45) is 38.6. The number of amidine groups is 1. The van der Waals surface area contributed by atoms with E-state index in [2.05, 4.69) is 192 Å². The Bertz CT molecular complexity index is 3320. The van der Waals surface area contributed by atoms with Crippen LogP contribution in [0.15, 0.2) is 203 Å². The Hall–Kier alpha value is -7.30. The van der Waals surface area contributed by atoms with Gasteiger partial charge >= 0.3 is 0 Å². The number of hydrogen-bond acceptors (Lipinski definition) is 3. The topological polar surface area (TPSA) is 41.7 Å². The van der Waals surface area contributed by atoms with E-state index in [4.69, 9.17) is 10.1 Å². The molecule has 3 unspecified atom stereocenters. The van der Waals surface area contributed by atoms with Crippen molar-refractivity contribution < 1.29 is 0 Å². The number of nitrogens with one attached hydrogen (secondary N) is 1. The van der Waals surface area contributed by atoms with Crippen molar-refractivity contribution in [1.82, 2.24) is 14.9 Å². The molecule has 2 aromatic heterocycles. The molecule has 1 N–H and O–H groups in total. The molecule has 0 fully saturated rings. The van der Waals surface area contributed by atoms with Crippen molar-refractivity contribution >= 4 is 34.1 Å². The third kappa shape index (κ3) is 7.20. The molecule has 3 atom stereocenters. The van der Waals surface area contributed by atoms with E-state index < -0.39 is 0 Å². The zero-order valence-corrected chi connectivity index (χ0v) is 38.7. The normalized spacial score (nSPS) is 21.7. The van der Waals surface area contributed by atoms with Crippen LogP contribution in [0.5, 0.6) is 0 Å². The number of nitrogens with zero attached hydrogens (tertiary/aromatic N) is 3. The molecule has 6 aromatic rings. The maximum Gasteiger partial charge on any atom is 0.133 e. The number of allylic oxidation sites excluding steroid dienone is 12. The summed E-state index contributed by atoms with van der Waals surface area (Å²) in [5, 5.41) is 9.59. The molecule has 4 nitrogen and oxygen atoms in total.